The summed E-state index contributed by atoms with van der Waals surface area (Å²) < 4.78 is 0. The fourth-order valence-electron chi connectivity index (χ4n) is 1.12. The second kappa shape index (κ2) is 4.77. The SMILES string of the molecule is Cc1ccc(C(O)C(O)CBr)cc1O. The van der Waals surface area contributed by atoms with Gasteiger partial charge in [-0.15, -0.1) is 0 Å². The van der Waals surface area contributed by atoms with E-state index in [9.17, 15) is 15.3 Å². The van der Waals surface area contributed by atoms with Crippen molar-refractivity contribution in [1.82, 2.24) is 0 Å². The molecule has 0 fully saturated rings. The molecule has 0 bridgehead atoms. The molecule has 0 radical (unpaired) electrons. The summed E-state index contributed by atoms with van der Waals surface area (Å²) in [6.07, 6.45) is -1.84. The normalized spacial score (nSPS) is 15.1. The molecule has 14 heavy (non-hydrogen) atoms. The van der Waals surface area contributed by atoms with Gasteiger partial charge in [-0.3, -0.25) is 0 Å². The van der Waals surface area contributed by atoms with E-state index in [2.05, 4.69) is 15.9 Å². The highest BCUT2D eigenvalue weighted by atomic mass is 79.9. The number of hydrogen-bond donors (Lipinski definition) is 3. The van der Waals surface area contributed by atoms with Crippen LogP contribution in [0.4, 0.5) is 0 Å². The van der Waals surface area contributed by atoms with Gasteiger partial charge >= 0.3 is 0 Å². The lowest BCUT2D eigenvalue weighted by Crippen LogP contribution is -2.19. The minimum absolute atomic E-state index is 0.128. The van der Waals surface area contributed by atoms with Gasteiger partial charge in [0.2, 0.25) is 0 Å². The molecule has 1 rings (SSSR count). The number of aryl methyl sites for hydroxylation is 1. The van der Waals surface area contributed by atoms with Crippen molar-refractivity contribution in [2.45, 2.75) is 19.1 Å². The van der Waals surface area contributed by atoms with Gasteiger partial charge in [0.1, 0.15) is 11.9 Å². The molecular weight excluding hydrogens is 248 g/mol. The Balaban J connectivity index is 2.91. The number of aliphatic hydroxyl groups is 2. The highest BCUT2D eigenvalue weighted by Crippen LogP contribution is 2.24. The average Bonchev–Trinajstić information content (AvgIpc) is 2.20. The fourth-order valence-corrected chi connectivity index (χ4v) is 1.47. The van der Waals surface area contributed by atoms with Crippen molar-refractivity contribution >= 4 is 15.9 Å². The van der Waals surface area contributed by atoms with Gasteiger partial charge in [-0.25, -0.2) is 0 Å². The van der Waals surface area contributed by atoms with Crippen molar-refractivity contribution in [3.63, 3.8) is 0 Å². The Morgan fingerprint density at radius 1 is 1.36 bits per heavy atom. The van der Waals surface area contributed by atoms with Crippen LogP contribution >= 0.6 is 15.9 Å². The molecule has 2 unspecified atom stereocenters. The molecule has 0 saturated carbocycles. The van der Waals surface area contributed by atoms with Crippen molar-refractivity contribution in [3.05, 3.63) is 29.3 Å². The maximum Gasteiger partial charge on any atom is 0.118 e. The summed E-state index contributed by atoms with van der Waals surface area (Å²) in [4.78, 5) is 0. The first-order valence-corrected chi connectivity index (χ1v) is 5.40. The van der Waals surface area contributed by atoms with E-state index in [1.807, 2.05) is 0 Å². The molecule has 1 aromatic rings. The van der Waals surface area contributed by atoms with E-state index in [-0.39, 0.29) is 5.75 Å². The monoisotopic (exact) mass is 260 g/mol. The van der Waals surface area contributed by atoms with Crippen LogP contribution in [0.25, 0.3) is 0 Å². The van der Waals surface area contributed by atoms with Gasteiger partial charge in [0.15, 0.2) is 0 Å². The Hall–Kier alpha value is -0.580. The molecular formula is C10H13BrO3. The van der Waals surface area contributed by atoms with Crippen LogP contribution in [-0.4, -0.2) is 26.8 Å². The first kappa shape index (κ1) is 11.5. The number of alkyl halides is 1. The summed E-state index contributed by atoms with van der Waals surface area (Å²) in [6, 6.07) is 4.85. The lowest BCUT2D eigenvalue weighted by molar-refractivity contribution is 0.0341. The zero-order chi connectivity index (χ0) is 10.7. The number of benzene rings is 1. The Kier molecular flexibility index (Phi) is 3.92. The zero-order valence-corrected chi connectivity index (χ0v) is 9.40. The van der Waals surface area contributed by atoms with Crippen LogP contribution in [0.5, 0.6) is 5.75 Å². The second-order valence-corrected chi connectivity index (χ2v) is 3.86. The molecule has 1 aromatic carbocycles. The molecule has 0 aliphatic rings. The van der Waals surface area contributed by atoms with Crippen molar-refractivity contribution in [3.8, 4) is 5.75 Å². The van der Waals surface area contributed by atoms with E-state index < -0.39 is 12.2 Å². The van der Waals surface area contributed by atoms with Gasteiger partial charge in [-0.05, 0) is 24.1 Å². The smallest absolute Gasteiger partial charge is 0.118 e. The lowest BCUT2D eigenvalue weighted by atomic mass is 10.0. The number of aromatic hydroxyl groups is 1. The highest BCUT2D eigenvalue weighted by Gasteiger charge is 2.17. The number of aliphatic hydroxyl groups excluding tert-OH is 2. The molecule has 0 aliphatic carbocycles. The highest BCUT2D eigenvalue weighted by molar-refractivity contribution is 9.09. The predicted octanol–water partition coefficient (Wildman–Crippen LogP) is 1.49. The quantitative estimate of drug-likeness (QED) is 0.722. The van der Waals surface area contributed by atoms with E-state index in [4.69, 9.17) is 0 Å². The summed E-state index contributed by atoms with van der Waals surface area (Å²) in [5, 5.41) is 28.7. The third-order valence-corrected chi connectivity index (χ3v) is 2.76. The van der Waals surface area contributed by atoms with E-state index in [0.717, 1.165) is 5.56 Å². The zero-order valence-electron chi connectivity index (χ0n) is 7.81. The van der Waals surface area contributed by atoms with E-state index in [1.165, 1.54) is 6.07 Å². The fraction of sp³-hybridized carbons (Fsp3) is 0.400. The standard InChI is InChI=1S/C10H13BrO3/c1-6-2-3-7(4-8(6)12)10(14)9(13)5-11/h2-4,9-10,12-14H,5H2,1H3. The van der Waals surface area contributed by atoms with Crippen LogP contribution in [0, 0.1) is 6.92 Å². The molecule has 4 heteroatoms. The molecule has 0 saturated heterocycles. The topological polar surface area (TPSA) is 60.7 Å². The molecule has 78 valence electrons. The van der Waals surface area contributed by atoms with Gasteiger partial charge in [-0.1, -0.05) is 28.1 Å². The Labute approximate surface area is 91.1 Å². The summed E-state index contributed by atoms with van der Waals surface area (Å²) in [7, 11) is 0. The van der Waals surface area contributed by atoms with Crippen LogP contribution in [0.3, 0.4) is 0 Å². The van der Waals surface area contributed by atoms with Crippen molar-refractivity contribution in [2.75, 3.05) is 5.33 Å². The van der Waals surface area contributed by atoms with Crippen molar-refractivity contribution < 1.29 is 15.3 Å². The second-order valence-electron chi connectivity index (χ2n) is 3.21. The maximum absolute atomic E-state index is 9.61. The van der Waals surface area contributed by atoms with E-state index in [1.54, 1.807) is 19.1 Å². The third-order valence-electron chi connectivity index (χ3n) is 2.10. The van der Waals surface area contributed by atoms with Gasteiger partial charge < -0.3 is 15.3 Å². The largest absolute Gasteiger partial charge is 0.508 e. The van der Waals surface area contributed by atoms with Crippen LogP contribution in [-0.2, 0) is 0 Å². The maximum atomic E-state index is 9.61. The number of hydrogen-bond acceptors (Lipinski definition) is 3. The average molecular weight is 261 g/mol. The minimum atomic E-state index is -0.971. The number of halogens is 1. The van der Waals surface area contributed by atoms with Crippen molar-refractivity contribution in [1.29, 1.82) is 0 Å². The Bertz CT molecular complexity index is 314. The first-order valence-electron chi connectivity index (χ1n) is 4.28. The van der Waals surface area contributed by atoms with Crippen LogP contribution in [0.2, 0.25) is 0 Å². The minimum Gasteiger partial charge on any atom is -0.508 e. The molecule has 0 heterocycles. The van der Waals surface area contributed by atoms with Crippen LogP contribution < -0.4 is 0 Å². The van der Waals surface area contributed by atoms with Gasteiger partial charge in [0.05, 0.1) is 6.10 Å². The number of phenolic OH excluding ortho intramolecular Hbond substituents is 1. The van der Waals surface area contributed by atoms with Gasteiger partial charge in [0, 0.05) is 5.33 Å². The van der Waals surface area contributed by atoms with Gasteiger partial charge in [-0.2, -0.15) is 0 Å². The molecule has 2 atom stereocenters. The van der Waals surface area contributed by atoms with Crippen molar-refractivity contribution in [2.24, 2.45) is 0 Å². The Morgan fingerprint density at radius 2 is 2.00 bits per heavy atom. The molecule has 0 spiro atoms. The third kappa shape index (κ3) is 2.47. The molecule has 0 aromatic heterocycles. The van der Waals surface area contributed by atoms with Crippen LogP contribution in [0.15, 0.2) is 18.2 Å². The summed E-state index contributed by atoms with van der Waals surface area (Å²) >= 11 is 3.07. The molecule has 3 N–H and O–H groups in total. The van der Waals surface area contributed by atoms with E-state index >= 15 is 0 Å². The predicted molar refractivity (Wildman–Crippen MR) is 57.6 cm³/mol. The number of phenols is 1. The van der Waals surface area contributed by atoms with E-state index in [0.29, 0.717) is 10.9 Å². The van der Waals surface area contributed by atoms with Gasteiger partial charge in [0.25, 0.3) is 0 Å². The summed E-state index contributed by atoms with van der Waals surface area (Å²) in [5.74, 6) is 0.128. The Morgan fingerprint density at radius 3 is 2.50 bits per heavy atom. The summed E-state index contributed by atoms with van der Waals surface area (Å²) in [5.41, 5.74) is 1.26. The summed E-state index contributed by atoms with van der Waals surface area (Å²) in [6.45, 7) is 1.77. The number of rotatable bonds is 3. The molecule has 3 nitrogen and oxygen atoms in total. The first-order chi connectivity index (χ1) is 6.56. The molecule has 0 amide bonds. The molecule has 0 aliphatic heterocycles. The lowest BCUT2D eigenvalue weighted by Gasteiger charge is -2.16. The van der Waals surface area contributed by atoms with Crippen LogP contribution in [0.1, 0.15) is 17.2 Å².